The van der Waals surface area contributed by atoms with Crippen molar-refractivity contribution in [3.63, 3.8) is 0 Å². The monoisotopic (exact) mass is 274 g/mol. The molecule has 3 rings (SSSR count). The van der Waals surface area contributed by atoms with Gasteiger partial charge in [-0.2, -0.15) is 0 Å². The molecule has 0 aliphatic heterocycles. The summed E-state index contributed by atoms with van der Waals surface area (Å²) in [6.07, 6.45) is 3.87. The molecule has 1 aromatic heterocycles. The van der Waals surface area contributed by atoms with Crippen molar-refractivity contribution in [1.82, 2.24) is 9.55 Å². The summed E-state index contributed by atoms with van der Waals surface area (Å²) in [5, 5.41) is 0. The number of imidazole rings is 1. The quantitative estimate of drug-likeness (QED) is 0.725. The van der Waals surface area contributed by atoms with Gasteiger partial charge in [0.05, 0.1) is 11.0 Å². The van der Waals surface area contributed by atoms with E-state index in [4.69, 9.17) is 12.2 Å². The zero-order chi connectivity index (χ0) is 13.6. The highest BCUT2D eigenvalue weighted by atomic mass is 32.1. The Bertz CT molecular complexity index is 652. The molecule has 0 amide bonds. The molecule has 3 unspecified atom stereocenters. The van der Waals surface area contributed by atoms with Crippen LogP contribution in [0.25, 0.3) is 11.0 Å². The molecule has 19 heavy (non-hydrogen) atoms. The highest BCUT2D eigenvalue weighted by molar-refractivity contribution is 7.71. The first-order valence-electron chi connectivity index (χ1n) is 7.27. The Kier molecular flexibility index (Phi) is 3.25. The normalized spacial score (nSPS) is 27.8. The van der Waals surface area contributed by atoms with E-state index in [1.807, 2.05) is 0 Å². The zero-order valence-electron chi connectivity index (χ0n) is 11.9. The number of aromatic amines is 1. The minimum absolute atomic E-state index is 0.555. The number of hydrogen-bond donors (Lipinski definition) is 1. The Morgan fingerprint density at radius 3 is 2.79 bits per heavy atom. The second-order valence-corrected chi connectivity index (χ2v) is 6.67. The number of aryl methyl sites for hydroxylation is 1. The van der Waals surface area contributed by atoms with Crippen molar-refractivity contribution in [3.05, 3.63) is 28.5 Å². The Balaban J connectivity index is 2.11. The fourth-order valence-electron chi connectivity index (χ4n) is 3.59. The maximum absolute atomic E-state index is 5.57. The van der Waals surface area contributed by atoms with Crippen LogP contribution in [0, 0.1) is 23.5 Å². The van der Waals surface area contributed by atoms with Crippen LogP contribution in [0.5, 0.6) is 0 Å². The zero-order valence-corrected chi connectivity index (χ0v) is 12.8. The summed E-state index contributed by atoms with van der Waals surface area (Å²) < 4.78 is 3.25. The lowest BCUT2D eigenvalue weighted by Gasteiger charge is -2.33. The molecule has 1 saturated carbocycles. The van der Waals surface area contributed by atoms with Crippen molar-refractivity contribution in [1.29, 1.82) is 0 Å². The molecule has 0 radical (unpaired) electrons. The van der Waals surface area contributed by atoms with Gasteiger partial charge in [0, 0.05) is 6.04 Å². The Morgan fingerprint density at radius 2 is 2.05 bits per heavy atom. The molecule has 0 spiro atoms. The minimum atomic E-state index is 0.555. The molecule has 3 heteroatoms. The molecule has 1 fully saturated rings. The smallest absolute Gasteiger partial charge is 0.178 e. The predicted octanol–water partition coefficient (Wildman–Crippen LogP) is 5.00. The largest absolute Gasteiger partial charge is 0.331 e. The number of rotatable bonds is 1. The summed E-state index contributed by atoms with van der Waals surface area (Å²) in [6, 6.07) is 7.10. The Labute approximate surface area is 119 Å². The van der Waals surface area contributed by atoms with Gasteiger partial charge >= 0.3 is 0 Å². The van der Waals surface area contributed by atoms with Crippen LogP contribution in [-0.2, 0) is 0 Å². The average molecular weight is 274 g/mol. The number of H-pyrrole nitrogens is 1. The van der Waals surface area contributed by atoms with Gasteiger partial charge in [0.2, 0.25) is 0 Å². The summed E-state index contributed by atoms with van der Waals surface area (Å²) in [6.45, 7) is 6.88. The lowest BCUT2D eigenvalue weighted by molar-refractivity contribution is 0.210. The van der Waals surface area contributed by atoms with Crippen LogP contribution in [0.2, 0.25) is 0 Å². The molecule has 2 nitrogen and oxygen atoms in total. The summed E-state index contributed by atoms with van der Waals surface area (Å²) in [5.74, 6) is 1.56. The van der Waals surface area contributed by atoms with Gasteiger partial charge in [-0.05, 0) is 67.9 Å². The van der Waals surface area contributed by atoms with Gasteiger partial charge < -0.3 is 9.55 Å². The second-order valence-electron chi connectivity index (χ2n) is 6.28. The summed E-state index contributed by atoms with van der Waals surface area (Å²) in [5.41, 5.74) is 3.74. The van der Waals surface area contributed by atoms with Crippen molar-refractivity contribution in [2.45, 2.75) is 46.1 Å². The molecule has 1 N–H and O–H groups in total. The maximum Gasteiger partial charge on any atom is 0.178 e. The third-order valence-electron chi connectivity index (χ3n) is 4.59. The molecule has 0 saturated heterocycles. The van der Waals surface area contributed by atoms with Gasteiger partial charge in [0.25, 0.3) is 0 Å². The van der Waals surface area contributed by atoms with Gasteiger partial charge in [-0.25, -0.2) is 0 Å². The number of nitrogens with zero attached hydrogens (tertiary/aromatic N) is 1. The van der Waals surface area contributed by atoms with Gasteiger partial charge in [-0.1, -0.05) is 19.9 Å². The first-order valence-corrected chi connectivity index (χ1v) is 7.68. The fraction of sp³-hybridized carbons (Fsp3) is 0.562. The maximum atomic E-state index is 5.57. The van der Waals surface area contributed by atoms with E-state index in [2.05, 4.69) is 48.5 Å². The first kappa shape index (κ1) is 12.9. The van der Waals surface area contributed by atoms with E-state index in [0.29, 0.717) is 12.0 Å². The van der Waals surface area contributed by atoms with Crippen molar-refractivity contribution in [3.8, 4) is 0 Å². The van der Waals surface area contributed by atoms with E-state index in [9.17, 15) is 0 Å². The SMILES string of the molecule is Cc1ccc2[nH]c(=S)n(C3CCC(C)CC3C)c2c1. The van der Waals surface area contributed by atoms with E-state index in [1.165, 1.54) is 35.9 Å². The predicted molar refractivity (Wildman–Crippen MR) is 83.1 cm³/mol. The number of hydrogen-bond acceptors (Lipinski definition) is 1. The molecule has 2 aromatic rings. The summed E-state index contributed by atoms with van der Waals surface area (Å²) in [4.78, 5) is 3.36. The Morgan fingerprint density at radius 1 is 1.26 bits per heavy atom. The average Bonchev–Trinajstić information content (AvgIpc) is 2.65. The topological polar surface area (TPSA) is 20.7 Å². The van der Waals surface area contributed by atoms with Gasteiger partial charge in [-0.15, -0.1) is 0 Å². The van der Waals surface area contributed by atoms with Crippen LogP contribution < -0.4 is 0 Å². The number of nitrogens with one attached hydrogen (secondary N) is 1. The molecule has 1 heterocycles. The van der Waals surface area contributed by atoms with Crippen LogP contribution in [0.3, 0.4) is 0 Å². The molecule has 0 bridgehead atoms. The standard InChI is InChI=1S/C16H22N2S/c1-10-5-7-14(12(3)8-10)18-15-9-11(2)4-6-13(15)17-16(18)19/h4,6,9-10,12,14H,5,7-8H2,1-3H3,(H,17,19). The van der Waals surface area contributed by atoms with Crippen LogP contribution in [0.4, 0.5) is 0 Å². The molecular weight excluding hydrogens is 252 g/mol. The molecular formula is C16H22N2S. The summed E-state index contributed by atoms with van der Waals surface area (Å²) in [7, 11) is 0. The number of aromatic nitrogens is 2. The van der Waals surface area contributed by atoms with Crippen LogP contribution >= 0.6 is 12.2 Å². The molecule has 102 valence electrons. The van der Waals surface area contributed by atoms with Gasteiger partial charge in [0.15, 0.2) is 4.77 Å². The van der Waals surface area contributed by atoms with E-state index >= 15 is 0 Å². The second kappa shape index (κ2) is 4.78. The molecule has 1 aliphatic rings. The third-order valence-corrected chi connectivity index (χ3v) is 4.89. The molecule has 1 aliphatic carbocycles. The highest BCUT2D eigenvalue weighted by Crippen LogP contribution is 2.38. The van der Waals surface area contributed by atoms with E-state index in [0.717, 1.165) is 10.7 Å². The first-order chi connectivity index (χ1) is 9.06. The van der Waals surface area contributed by atoms with Crippen LogP contribution in [0.15, 0.2) is 18.2 Å². The van der Waals surface area contributed by atoms with Crippen molar-refractivity contribution in [2.24, 2.45) is 11.8 Å². The summed E-state index contributed by atoms with van der Waals surface area (Å²) >= 11 is 5.57. The number of fused-ring (bicyclic) bond motifs is 1. The van der Waals surface area contributed by atoms with Gasteiger partial charge in [-0.3, -0.25) is 0 Å². The van der Waals surface area contributed by atoms with Crippen molar-refractivity contribution in [2.75, 3.05) is 0 Å². The van der Waals surface area contributed by atoms with Crippen LogP contribution in [0.1, 0.15) is 44.7 Å². The van der Waals surface area contributed by atoms with E-state index in [1.54, 1.807) is 0 Å². The van der Waals surface area contributed by atoms with Gasteiger partial charge in [0.1, 0.15) is 0 Å². The van der Waals surface area contributed by atoms with E-state index in [-0.39, 0.29) is 0 Å². The minimum Gasteiger partial charge on any atom is -0.331 e. The lowest BCUT2D eigenvalue weighted by atomic mass is 9.79. The van der Waals surface area contributed by atoms with Crippen molar-refractivity contribution < 1.29 is 0 Å². The Hall–Kier alpha value is -1.09. The van der Waals surface area contributed by atoms with Crippen molar-refractivity contribution >= 4 is 23.3 Å². The number of benzene rings is 1. The molecule has 3 atom stereocenters. The third kappa shape index (κ3) is 2.25. The molecule has 1 aromatic carbocycles. The van der Waals surface area contributed by atoms with E-state index < -0.39 is 0 Å². The fourth-order valence-corrected chi connectivity index (χ4v) is 3.94. The highest BCUT2D eigenvalue weighted by Gasteiger charge is 2.28. The van der Waals surface area contributed by atoms with Crippen LogP contribution in [-0.4, -0.2) is 9.55 Å². The lowest BCUT2D eigenvalue weighted by Crippen LogP contribution is -2.24.